The van der Waals surface area contributed by atoms with E-state index in [2.05, 4.69) is 45.2 Å². The van der Waals surface area contributed by atoms with E-state index in [4.69, 9.17) is 0 Å². The molecule has 0 atom stereocenters. The topological polar surface area (TPSA) is 17.8 Å². The second-order valence-corrected chi connectivity index (χ2v) is 4.01. The minimum absolute atomic E-state index is 0.915. The molecule has 14 heavy (non-hydrogen) atoms. The number of hydrogen-bond acceptors (Lipinski definition) is 1. The summed E-state index contributed by atoms with van der Waals surface area (Å²) in [5.74, 6) is 0. The monoisotopic (exact) mass is 250 g/mol. The van der Waals surface area contributed by atoms with Crippen LogP contribution in [0.3, 0.4) is 0 Å². The van der Waals surface area contributed by atoms with Gasteiger partial charge in [-0.05, 0) is 21.5 Å². The van der Waals surface area contributed by atoms with Crippen LogP contribution < -0.4 is 0 Å². The lowest BCUT2D eigenvalue weighted by Crippen LogP contribution is -1.96. The maximum absolute atomic E-state index is 4.19. The van der Waals surface area contributed by atoms with Crippen LogP contribution in [0.4, 0.5) is 0 Å². The van der Waals surface area contributed by atoms with Gasteiger partial charge in [-0.25, -0.2) is 4.98 Å². The van der Waals surface area contributed by atoms with Gasteiger partial charge in [0.15, 0.2) is 0 Å². The van der Waals surface area contributed by atoms with Crippen LogP contribution in [0.5, 0.6) is 0 Å². The Morgan fingerprint density at radius 2 is 2.00 bits per heavy atom. The summed E-state index contributed by atoms with van der Waals surface area (Å²) in [4.78, 5) is 4.19. The molecule has 72 valence electrons. The van der Waals surface area contributed by atoms with Gasteiger partial charge in [-0.3, -0.25) is 0 Å². The van der Waals surface area contributed by atoms with E-state index in [-0.39, 0.29) is 0 Å². The quantitative estimate of drug-likeness (QED) is 0.802. The third kappa shape index (κ3) is 1.87. The van der Waals surface area contributed by atoms with E-state index in [1.165, 1.54) is 11.3 Å². The second-order valence-electron chi connectivity index (χ2n) is 3.26. The Hall–Kier alpha value is -1.09. The number of halogens is 1. The van der Waals surface area contributed by atoms with Gasteiger partial charge >= 0.3 is 0 Å². The zero-order chi connectivity index (χ0) is 9.97. The van der Waals surface area contributed by atoms with Gasteiger partial charge in [0.2, 0.25) is 0 Å². The van der Waals surface area contributed by atoms with Crippen molar-refractivity contribution in [2.24, 2.45) is 7.05 Å². The molecule has 1 heterocycles. The third-order valence-electron chi connectivity index (χ3n) is 2.22. The summed E-state index contributed by atoms with van der Waals surface area (Å²) >= 11 is 3.44. The van der Waals surface area contributed by atoms with Crippen LogP contribution >= 0.6 is 15.9 Å². The predicted molar refractivity (Wildman–Crippen MR) is 60.2 cm³/mol. The van der Waals surface area contributed by atoms with Gasteiger partial charge in [0.05, 0.1) is 12.0 Å². The Morgan fingerprint density at radius 1 is 1.29 bits per heavy atom. The molecule has 0 aliphatic carbocycles. The molecule has 1 aromatic carbocycles. The SMILES string of the molecule is Cn1cnc(Br)c1Cc1ccccc1. The molecule has 0 unspecified atom stereocenters. The molecule has 0 amide bonds. The minimum atomic E-state index is 0.915. The summed E-state index contributed by atoms with van der Waals surface area (Å²) in [7, 11) is 2.01. The largest absolute Gasteiger partial charge is 0.336 e. The Balaban J connectivity index is 2.27. The van der Waals surface area contributed by atoms with Crippen LogP contribution in [0.2, 0.25) is 0 Å². The molecule has 3 heteroatoms. The van der Waals surface area contributed by atoms with E-state index >= 15 is 0 Å². The van der Waals surface area contributed by atoms with Crippen molar-refractivity contribution in [3.05, 3.63) is 52.5 Å². The summed E-state index contributed by atoms with van der Waals surface area (Å²) in [5.41, 5.74) is 2.51. The standard InChI is InChI=1S/C11H11BrN2/c1-14-8-13-11(12)10(14)7-9-5-3-2-4-6-9/h2-6,8H,7H2,1H3. The molecule has 0 fully saturated rings. The molecule has 0 radical (unpaired) electrons. The number of aromatic nitrogens is 2. The minimum Gasteiger partial charge on any atom is -0.336 e. The van der Waals surface area contributed by atoms with E-state index in [1.807, 2.05) is 24.0 Å². The van der Waals surface area contributed by atoms with E-state index in [9.17, 15) is 0 Å². The number of imidazole rings is 1. The summed E-state index contributed by atoms with van der Waals surface area (Å²) in [6, 6.07) is 10.4. The van der Waals surface area contributed by atoms with Crippen molar-refractivity contribution < 1.29 is 0 Å². The van der Waals surface area contributed by atoms with Crippen molar-refractivity contribution in [2.75, 3.05) is 0 Å². The predicted octanol–water partition coefficient (Wildman–Crippen LogP) is 2.77. The fourth-order valence-corrected chi connectivity index (χ4v) is 1.93. The summed E-state index contributed by atoms with van der Waals surface area (Å²) in [6.07, 6.45) is 2.74. The zero-order valence-corrected chi connectivity index (χ0v) is 9.53. The molecule has 0 N–H and O–H groups in total. The Kier molecular flexibility index (Phi) is 2.68. The lowest BCUT2D eigenvalue weighted by Gasteiger charge is -2.02. The van der Waals surface area contributed by atoms with E-state index in [0.29, 0.717) is 0 Å². The Bertz CT molecular complexity index is 401. The maximum atomic E-state index is 4.19. The van der Waals surface area contributed by atoms with Crippen molar-refractivity contribution in [3.63, 3.8) is 0 Å². The summed E-state index contributed by atoms with van der Waals surface area (Å²) in [5, 5.41) is 0. The molecular formula is C11H11BrN2. The van der Waals surface area contributed by atoms with Crippen LogP contribution in [-0.4, -0.2) is 9.55 Å². The van der Waals surface area contributed by atoms with Crippen molar-refractivity contribution in [3.8, 4) is 0 Å². The number of hydrogen-bond donors (Lipinski definition) is 0. The number of benzene rings is 1. The third-order valence-corrected chi connectivity index (χ3v) is 2.89. The molecule has 0 aliphatic rings. The fraction of sp³-hybridized carbons (Fsp3) is 0.182. The van der Waals surface area contributed by atoms with Crippen LogP contribution in [0.15, 0.2) is 41.3 Å². The van der Waals surface area contributed by atoms with Crippen molar-refractivity contribution in [2.45, 2.75) is 6.42 Å². The average Bonchev–Trinajstić information content (AvgIpc) is 2.51. The number of aryl methyl sites for hydroxylation is 1. The molecule has 2 nitrogen and oxygen atoms in total. The van der Waals surface area contributed by atoms with Crippen LogP contribution in [0.25, 0.3) is 0 Å². The Labute approximate surface area is 91.7 Å². The highest BCUT2D eigenvalue weighted by atomic mass is 79.9. The molecule has 2 aromatic rings. The van der Waals surface area contributed by atoms with Crippen LogP contribution in [0.1, 0.15) is 11.3 Å². The molecule has 2 rings (SSSR count). The zero-order valence-electron chi connectivity index (χ0n) is 7.94. The lowest BCUT2D eigenvalue weighted by molar-refractivity contribution is 0.843. The molecule has 0 saturated carbocycles. The van der Waals surface area contributed by atoms with Gasteiger partial charge < -0.3 is 4.57 Å². The highest BCUT2D eigenvalue weighted by Crippen LogP contribution is 2.17. The van der Waals surface area contributed by atoms with Crippen LogP contribution in [0, 0.1) is 0 Å². The molecule has 0 spiro atoms. The highest BCUT2D eigenvalue weighted by Gasteiger charge is 2.05. The van der Waals surface area contributed by atoms with Crippen molar-refractivity contribution >= 4 is 15.9 Å². The first-order valence-corrected chi connectivity index (χ1v) is 5.26. The highest BCUT2D eigenvalue weighted by molar-refractivity contribution is 9.10. The molecule has 0 aliphatic heterocycles. The molecular weight excluding hydrogens is 240 g/mol. The first kappa shape index (κ1) is 9.46. The first-order chi connectivity index (χ1) is 6.77. The van der Waals surface area contributed by atoms with Gasteiger partial charge in [0, 0.05) is 13.5 Å². The van der Waals surface area contributed by atoms with Gasteiger partial charge in [-0.2, -0.15) is 0 Å². The van der Waals surface area contributed by atoms with Gasteiger partial charge in [-0.1, -0.05) is 30.3 Å². The van der Waals surface area contributed by atoms with E-state index in [1.54, 1.807) is 0 Å². The fourth-order valence-electron chi connectivity index (χ4n) is 1.41. The molecule has 0 saturated heterocycles. The summed E-state index contributed by atoms with van der Waals surface area (Å²) in [6.45, 7) is 0. The van der Waals surface area contributed by atoms with E-state index < -0.39 is 0 Å². The second kappa shape index (κ2) is 3.96. The lowest BCUT2D eigenvalue weighted by atomic mass is 10.1. The van der Waals surface area contributed by atoms with Gasteiger partial charge in [0.1, 0.15) is 4.60 Å². The van der Waals surface area contributed by atoms with Crippen LogP contribution in [-0.2, 0) is 13.5 Å². The summed E-state index contributed by atoms with van der Waals surface area (Å²) < 4.78 is 2.97. The number of nitrogens with zero attached hydrogens (tertiary/aromatic N) is 2. The normalized spacial score (nSPS) is 10.4. The molecule has 0 bridgehead atoms. The van der Waals surface area contributed by atoms with Crippen molar-refractivity contribution in [1.29, 1.82) is 0 Å². The smallest absolute Gasteiger partial charge is 0.127 e. The van der Waals surface area contributed by atoms with E-state index in [0.717, 1.165) is 11.0 Å². The first-order valence-electron chi connectivity index (χ1n) is 4.47. The van der Waals surface area contributed by atoms with Gasteiger partial charge in [0.25, 0.3) is 0 Å². The average molecular weight is 251 g/mol. The maximum Gasteiger partial charge on any atom is 0.127 e. The number of rotatable bonds is 2. The van der Waals surface area contributed by atoms with Gasteiger partial charge in [-0.15, -0.1) is 0 Å². The molecule has 1 aromatic heterocycles. The van der Waals surface area contributed by atoms with Crippen molar-refractivity contribution in [1.82, 2.24) is 9.55 Å². The Morgan fingerprint density at radius 3 is 2.57 bits per heavy atom.